The Kier molecular flexibility index (Phi) is 4.50. The standard InChI is InChI=1S/C11H16O2/c1-3-13-11(12-2)9-10-7-5-4-6-8-10/h4-8,11H,3,9H2,1-2H3/t11-/m1/s1. The molecule has 1 atom stereocenters. The lowest BCUT2D eigenvalue weighted by molar-refractivity contribution is -0.118. The van der Waals surface area contributed by atoms with Crippen LogP contribution in [0.5, 0.6) is 0 Å². The molecule has 0 heterocycles. The summed E-state index contributed by atoms with van der Waals surface area (Å²) in [5, 5.41) is 0. The van der Waals surface area contributed by atoms with E-state index in [9.17, 15) is 0 Å². The topological polar surface area (TPSA) is 18.5 Å². The molecule has 0 fully saturated rings. The predicted molar refractivity (Wildman–Crippen MR) is 52.6 cm³/mol. The van der Waals surface area contributed by atoms with Crippen LogP contribution < -0.4 is 0 Å². The summed E-state index contributed by atoms with van der Waals surface area (Å²) >= 11 is 0. The number of hydrogen-bond acceptors (Lipinski definition) is 2. The highest BCUT2D eigenvalue weighted by atomic mass is 16.7. The second kappa shape index (κ2) is 5.73. The molecule has 0 saturated carbocycles. The zero-order valence-electron chi connectivity index (χ0n) is 8.19. The molecule has 0 bridgehead atoms. The molecule has 0 aliphatic rings. The first kappa shape index (κ1) is 10.2. The summed E-state index contributed by atoms with van der Waals surface area (Å²) in [7, 11) is 1.67. The Morgan fingerprint density at radius 3 is 2.46 bits per heavy atom. The van der Waals surface area contributed by atoms with Crippen molar-refractivity contribution in [3.63, 3.8) is 0 Å². The Morgan fingerprint density at radius 2 is 1.92 bits per heavy atom. The molecule has 13 heavy (non-hydrogen) atoms. The lowest BCUT2D eigenvalue weighted by Crippen LogP contribution is -2.18. The van der Waals surface area contributed by atoms with Crippen LogP contribution in [0.25, 0.3) is 0 Å². The van der Waals surface area contributed by atoms with Gasteiger partial charge in [0.15, 0.2) is 6.29 Å². The fourth-order valence-electron chi connectivity index (χ4n) is 1.20. The highest BCUT2D eigenvalue weighted by molar-refractivity contribution is 5.14. The largest absolute Gasteiger partial charge is 0.356 e. The minimum Gasteiger partial charge on any atom is -0.356 e. The molecule has 1 rings (SSSR count). The molecular weight excluding hydrogens is 164 g/mol. The van der Waals surface area contributed by atoms with Gasteiger partial charge in [-0.1, -0.05) is 30.3 Å². The molecular formula is C11H16O2. The average molecular weight is 180 g/mol. The molecule has 0 aliphatic heterocycles. The highest BCUT2D eigenvalue weighted by Crippen LogP contribution is 2.06. The van der Waals surface area contributed by atoms with E-state index in [1.807, 2.05) is 25.1 Å². The SMILES string of the molecule is CCO[C@H](Cc1ccccc1)OC. The first-order chi connectivity index (χ1) is 6.36. The Balaban J connectivity index is 2.46. The van der Waals surface area contributed by atoms with Gasteiger partial charge in [0.1, 0.15) is 0 Å². The van der Waals surface area contributed by atoms with Gasteiger partial charge in [-0.3, -0.25) is 0 Å². The lowest BCUT2D eigenvalue weighted by Gasteiger charge is -2.14. The molecule has 2 nitrogen and oxygen atoms in total. The monoisotopic (exact) mass is 180 g/mol. The zero-order chi connectivity index (χ0) is 9.52. The van der Waals surface area contributed by atoms with Crippen LogP contribution in [0.4, 0.5) is 0 Å². The van der Waals surface area contributed by atoms with E-state index in [2.05, 4.69) is 12.1 Å². The van der Waals surface area contributed by atoms with Crippen LogP contribution in [-0.2, 0) is 15.9 Å². The van der Waals surface area contributed by atoms with Gasteiger partial charge in [0, 0.05) is 20.1 Å². The first-order valence-corrected chi connectivity index (χ1v) is 4.55. The van der Waals surface area contributed by atoms with Gasteiger partial charge in [-0.05, 0) is 12.5 Å². The van der Waals surface area contributed by atoms with Crippen molar-refractivity contribution in [3.8, 4) is 0 Å². The van der Waals surface area contributed by atoms with E-state index in [1.165, 1.54) is 5.56 Å². The second-order valence-corrected chi connectivity index (χ2v) is 2.81. The Bertz CT molecular complexity index is 221. The second-order valence-electron chi connectivity index (χ2n) is 2.81. The Labute approximate surface area is 79.5 Å². The Hall–Kier alpha value is -0.860. The van der Waals surface area contributed by atoms with Crippen LogP contribution in [0.15, 0.2) is 30.3 Å². The molecule has 0 spiro atoms. The maximum absolute atomic E-state index is 5.37. The van der Waals surface area contributed by atoms with Crippen molar-refractivity contribution in [2.24, 2.45) is 0 Å². The molecule has 0 unspecified atom stereocenters. The molecule has 72 valence electrons. The predicted octanol–water partition coefficient (Wildman–Crippen LogP) is 2.24. The molecule has 1 aromatic rings. The van der Waals surface area contributed by atoms with Crippen molar-refractivity contribution in [3.05, 3.63) is 35.9 Å². The van der Waals surface area contributed by atoms with Gasteiger partial charge >= 0.3 is 0 Å². The van der Waals surface area contributed by atoms with Crippen LogP contribution in [-0.4, -0.2) is 20.0 Å². The van der Waals surface area contributed by atoms with Gasteiger partial charge < -0.3 is 9.47 Å². The average Bonchev–Trinajstić information content (AvgIpc) is 2.19. The van der Waals surface area contributed by atoms with Gasteiger partial charge in [-0.15, -0.1) is 0 Å². The summed E-state index contributed by atoms with van der Waals surface area (Å²) in [5.74, 6) is 0. The molecule has 0 aliphatic carbocycles. The molecule has 0 amide bonds. The summed E-state index contributed by atoms with van der Waals surface area (Å²) in [6, 6.07) is 10.2. The van der Waals surface area contributed by atoms with E-state index in [4.69, 9.17) is 9.47 Å². The van der Waals surface area contributed by atoms with Crippen molar-refractivity contribution < 1.29 is 9.47 Å². The van der Waals surface area contributed by atoms with E-state index in [0.29, 0.717) is 6.61 Å². The lowest BCUT2D eigenvalue weighted by atomic mass is 10.1. The summed E-state index contributed by atoms with van der Waals surface area (Å²) in [4.78, 5) is 0. The minimum atomic E-state index is -0.118. The van der Waals surface area contributed by atoms with E-state index >= 15 is 0 Å². The summed E-state index contributed by atoms with van der Waals surface area (Å²) in [6.45, 7) is 2.66. The third kappa shape index (κ3) is 3.57. The van der Waals surface area contributed by atoms with Crippen molar-refractivity contribution in [2.45, 2.75) is 19.6 Å². The number of benzene rings is 1. The molecule has 0 aromatic heterocycles. The third-order valence-electron chi connectivity index (χ3n) is 1.86. The van der Waals surface area contributed by atoms with Gasteiger partial charge in [0.2, 0.25) is 0 Å². The van der Waals surface area contributed by atoms with Crippen molar-refractivity contribution in [1.29, 1.82) is 0 Å². The van der Waals surface area contributed by atoms with Crippen LogP contribution >= 0.6 is 0 Å². The van der Waals surface area contributed by atoms with Crippen LogP contribution in [0, 0.1) is 0 Å². The van der Waals surface area contributed by atoms with Crippen molar-refractivity contribution in [1.82, 2.24) is 0 Å². The minimum absolute atomic E-state index is 0.118. The van der Waals surface area contributed by atoms with Crippen LogP contribution in [0.2, 0.25) is 0 Å². The fraction of sp³-hybridized carbons (Fsp3) is 0.455. The van der Waals surface area contributed by atoms with Gasteiger partial charge in [-0.25, -0.2) is 0 Å². The number of ether oxygens (including phenoxy) is 2. The summed E-state index contributed by atoms with van der Waals surface area (Å²) < 4.78 is 10.5. The maximum Gasteiger partial charge on any atom is 0.161 e. The smallest absolute Gasteiger partial charge is 0.161 e. The number of hydrogen-bond donors (Lipinski definition) is 0. The van der Waals surface area contributed by atoms with Crippen LogP contribution in [0.1, 0.15) is 12.5 Å². The number of rotatable bonds is 5. The van der Waals surface area contributed by atoms with Crippen molar-refractivity contribution in [2.75, 3.05) is 13.7 Å². The molecule has 0 N–H and O–H groups in total. The highest BCUT2D eigenvalue weighted by Gasteiger charge is 2.06. The molecule has 0 saturated heterocycles. The van der Waals surface area contributed by atoms with Gasteiger partial charge in [-0.2, -0.15) is 0 Å². The first-order valence-electron chi connectivity index (χ1n) is 4.55. The summed E-state index contributed by atoms with van der Waals surface area (Å²) in [5.41, 5.74) is 1.24. The molecule has 2 heteroatoms. The van der Waals surface area contributed by atoms with Crippen LogP contribution in [0.3, 0.4) is 0 Å². The number of methoxy groups -OCH3 is 1. The van der Waals surface area contributed by atoms with E-state index in [1.54, 1.807) is 7.11 Å². The zero-order valence-corrected chi connectivity index (χ0v) is 8.19. The molecule has 0 radical (unpaired) electrons. The maximum atomic E-state index is 5.37. The normalized spacial score (nSPS) is 12.8. The molecule has 1 aromatic carbocycles. The van der Waals surface area contributed by atoms with Crippen molar-refractivity contribution >= 4 is 0 Å². The Morgan fingerprint density at radius 1 is 1.23 bits per heavy atom. The van der Waals surface area contributed by atoms with E-state index in [0.717, 1.165) is 6.42 Å². The van der Waals surface area contributed by atoms with E-state index in [-0.39, 0.29) is 6.29 Å². The third-order valence-corrected chi connectivity index (χ3v) is 1.86. The summed E-state index contributed by atoms with van der Waals surface area (Å²) in [6.07, 6.45) is 0.693. The fourth-order valence-corrected chi connectivity index (χ4v) is 1.20. The van der Waals surface area contributed by atoms with Gasteiger partial charge in [0.25, 0.3) is 0 Å². The quantitative estimate of drug-likeness (QED) is 0.647. The van der Waals surface area contributed by atoms with Gasteiger partial charge in [0.05, 0.1) is 0 Å². The van der Waals surface area contributed by atoms with E-state index < -0.39 is 0 Å².